The van der Waals surface area contributed by atoms with Gasteiger partial charge in [-0.25, -0.2) is 0 Å². The van der Waals surface area contributed by atoms with E-state index in [1.54, 1.807) is 0 Å². The van der Waals surface area contributed by atoms with E-state index in [-0.39, 0.29) is 5.91 Å². The molecule has 0 spiro atoms. The fraction of sp³-hybridized carbons (Fsp3) is 0.105. The minimum absolute atomic E-state index is 0.0694. The van der Waals surface area contributed by atoms with Crippen molar-refractivity contribution in [1.82, 2.24) is 0 Å². The number of aryl methyl sites for hydroxylation is 1. The monoisotopic (exact) mass is 275 g/mol. The van der Waals surface area contributed by atoms with Crippen molar-refractivity contribution in [3.8, 4) is 0 Å². The lowest BCUT2D eigenvalue weighted by molar-refractivity contribution is 0.102. The number of nitrogens with one attached hydrogen (secondary N) is 1. The second-order valence-electron chi connectivity index (χ2n) is 5.03. The Bertz CT molecular complexity index is 787. The number of fused-ring (bicyclic) bond motifs is 1. The van der Waals surface area contributed by atoms with Crippen molar-refractivity contribution in [2.24, 2.45) is 0 Å². The van der Waals surface area contributed by atoms with Crippen LogP contribution in [0.25, 0.3) is 10.8 Å². The maximum atomic E-state index is 12.5. The number of carbonyl (C=O) groups is 1. The first-order chi connectivity index (χ1) is 10.3. The van der Waals surface area contributed by atoms with Gasteiger partial charge in [-0.05, 0) is 41.0 Å². The van der Waals surface area contributed by atoms with Gasteiger partial charge in [0.05, 0.1) is 0 Å². The Morgan fingerprint density at radius 2 is 1.71 bits per heavy atom. The zero-order valence-corrected chi connectivity index (χ0v) is 12.0. The van der Waals surface area contributed by atoms with E-state index in [0.29, 0.717) is 5.56 Å². The number of rotatable bonds is 3. The fourth-order valence-electron chi connectivity index (χ4n) is 2.49. The molecule has 1 N–H and O–H groups in total. The van der Waals surface area contributed by atoms with Crippen LogP contribution in [0.15, 0.2) is 66.7 Å². The average molecular weight is 275 g/mol. The molecule has 0 radical (unpaired) electrons. The molecule has 1 amide bonds. The second-order valence-corrected chi connectivity index (χ2v) is 5.03. The van der Waals surface area contributed by atoms with Crippen molar-refractivity contribution in [2.75, 3.05) is 5.32 Å². The molecular weight excluding hydrogens is 258 g/mol. The summed E-state index contributed by atoms with van der Waals surface area (Å²) < 4.78 is 0. The van der Waals surface area contributed by atoms with Crippen molar-refractivity contribution in [3.63, 3.8) is 0 Å². The highest BCUT2D eigenvalue weighted by Gasteiger charge is 2.09. The molecule has 0 aliphatic carbocycles. The second kappa shape index (κ2) is 5.80. The van der Waals surface area contributed by atoms with E-state index < -0.39 is 0 Å². The highest BCUT2D eigenvalue weighted by atomic mass is 16.1. The summed E-state index contributed by atoms with van der Waals surface area (Å²) in [4.78, 5) is 12.5. The topological polar surface area (TPSA) is 29.1 Å². The summed E-state index contributed by atoms with van der Waals surface area (Å²) in [5.41, 5.74) is 2.76. The van der Waals surface area contributed by atoms with Crippen LogP contribution < -0.4 is 5.32 Å². The van der Waals surface area contributed by atoms with E-state index in [1.807, 2.05) is 60.7 Å². The average Bonchev–Trinajstić information content (AvgIpc) is 2.54. The molecule has 0 aromatic heterocycles. The van der Waals surface area contributed by atoms with Gasteiger partial charge in [0.1, 0.15) is 0 Å². The number of hydrogen-bond acceptors (Lipinski definition) is 1. The first kappa shape index (κ1) is 13.4. The van der Waals surface area contributed by atoms with Gasteiger partial charge in [0, 0.05) is 11.3 Å². The number of benzene rings is 3. The minimum atomic E-state index is -0.0694. The van der Waals surface area contributed by atoms with E-state index in [0.717, 1.165) is 22.9 Å². The molecule has 3 rings (SSSR count). The van der Waals surface area contributed by atoms with Crippen LogP contribution in [-0.4, -0.2) is 5.91 Å². The van der Waals surface area contributed by atoms with Gasteiger partial charge in [-0.1, -0.05) is 55.5 Å². The molecule has 0 saturated heterocycles. The van der Waals surface area contributed by atoms with Gasteiger partial charge in [0.15, 0.2) is 0 Å². The lowest BCUT2D eigenvalue weighted by Crippen LogP contribution is -2.12. The van der Waals surface area contributed by atoms with Crippen LogP contribution in [0.4, 0.5) is 5.69 Å². The Kier molecular flexibility index (Phi) is 3.69. The molecular formula is C19H17NO. The van der Waals surface area contributed by atoms with Crippen LogP contribution in [0.5, 0.6) is 0 Å². The van der Waals surface area contributed by atoms with E-state index in [4.69, 9.17) is 0 Å². The molecule has 0 fully saturated rings. The van der Waals surface area contributed by atoms with Gasteiger partial charge in [-0.3, -0.25) is 4.79 Å². The Morgan fingerprint density at radius 3 is 2.57 bits per heavy atom. The number of carbonyl (C=O) groups excluding carboxylic acids is 1. The third-order valence-electron chi connectivity index (χ3n) is 3.63. The lowest BCUT2D eigenvalue weighted by atomic mass is 10.0. The van der Waals surface area contributed by atoms with Gasteiger partial charge < -0.3 is 5.32 Å². The minimum Gasteiger partial charge on any atom is -0.322 e. The van der Waals surface area contributed by atoms with Crippen LogP contribution in [0.3, 0.4) is 0 Å². The van der Waals surface area contributed by atoms with Gasteiger partial charge >= 0.3 is 0 Å². The molecule has 0 heterocycles. The lowest BCUT2D eigenvalue weighted by Gasteiger charge is -2.09. The van der Waals surface area contributed by atoms with Gasteiger partial charge in [-0.2, -0.15) is 0 Å². The number of hydrogen-bond donors (Lipinski definition) is 1. The summed E-state index contributed by atoms with van der Waals surface area (Å²) in [5.74, 6) is -0.0694. The molecule has 2 heteroatoms. The van der Waals surface area contributed by atoms with Crippen LogP contribution >= 0.6 is 0 Å². The fourth-order valence-corrected chi connectivity index (χ4v) is 2.49. The van der Waals surface area contributed by atoms with Crippen molar-refractivity contribution in [2.45, 2.75) is 13.3 Å². The molecule has 0 unspecified atom stereocenters. The first-order valence-electron chi connectivity index (χ1n) is 7.16. The van der Waals surface area contributed by atoms with Crippen molar-refractivity contribution < 1.29 is 4.79 Å². The van der Waals surface area contributed by atoms with E-state index >= 15 is 0 Å². The number of amides is 1. The summed E-state index contributed by atoms with van der Waals surface area (Å²) in [6, 6.07) is 21.7. The Hall–Kier alpha value is -2.61. The molecule has 2 nitrogen and oxygen atoms in total. The largest absolute Gasteiger partial charge is 0.322 e. The molecule has 0 atom stereocenters. The molecule has 21 heavy (non-hydrogen) atoms. The summed E-state index contributed by atoms with van der Waals surface area (Å²) in [5, 5.41) is 5.04. The zero-order chi connectivity index (χ0) is 14.7. The highest BCUT2D eigenvalue weighted by Crippen LogP contribution is 2.20. The van der Waals surface area contributed by atoms with E-state index in [1.165, 1.54) is 5.56 Å². The zero-order valence-electron chi connectivity index (χ0n) is 12.0. The Morgan fingerprint density at radius 1 is 0.952 bits per heavy atom. The standard InChI is InChI=1S/C19H17NO/c1-2-14-7-5-10-16(13-14)20-19(21)18-12-6-9-15-8-3-4-11-17(15)18/h3-13H,2H2,1H3,(H,20,21). The molecule has 0 saturated carbocycles. The molecule has 0 bridgehead atoms. The van der Waals surface area contributed by atoms with Crippen molar-refractivity contribution >= 4 is 22.4 Å². The summed E-state index contributed by atoms with van der Waals surface area (Å²) in [7, 11) is 0. The van der Waals surface area contributed by atoms with Gasteiger partial charge in [0.2, 0.25) is 0 Å². The Balaban J connectivity index is 1.93. The SMILES string of the molecule is CCc1cccc(NC(=O)c2cccc3ccccc23)c1. The highest BCUT2D eigenvalue weighted by molar-refractivity contribution is 6.12. The maximum Gasteiger partial charge on any atom is 0.256 e. The van der Waals surface area contributed by atoms with Crippen LogP contribution in [-0.2, 0) is 6.42 Å². The molecule has 3 aromatic rings. The predicted octanol–water partition coefficient (Wildman–Crippen LogP) is 4.65. The molecule has 0 aliphatic rings. The summed E-state index contributed by atoms with van der Waals surface area (Å²) in [6.45, 7) is 2.10. The van der Waals surface area contributed by atoms with Crippen LogP contribution in [0.2, 0.25) is 0 Å². The first-order valence-corrected chi connectivity index (χ1v) is 7.16. The third-order valence-corrected chi connectivity index (χ3v) is 3.63. The van der Waals surface area contributed by atoms with Crippen molar-refractivity contribution in [3.05, 3.63) is 77.9 Å². The third kappa shape index (κ3) is 2.79. The van der Waals surface area contributed by atoms with Crippen LogP contribution in [0.1, 0.15) is 22.8 Å². The quantitative estimate of drug-likeness (QED) is 0.740. The van der Waals surface area contributed by atoms with E-state index in [9.17, 15) is 4.79 Å². The molecule has 0 aliphatic heterocycles. The van der Waals surface area contributed by atoms with Crippen molar-refractivity contribution in [1.29, 1.82) is 0 Å². The van der Waals surface area contributed by atoms with Gasteiger partial charge in [0.25, 0.3) is 5.91 Å². The predicted molar refractivity (Wildman–Crippen MR) is 87.7 cm³/mol. The smallest absolute Gasteiger partial charge is 0.256 e. The van der Waals surface area contributed by atoms with Crippen LogP contribution in [0, 0.1) is 0 Å². The van der Waals surface area contributed by atoms with Gasteiger partial charge in [-0.15, -0.1) is 0 Å². The normalized spacial score (nSPS) is 10.5. The molecule has 3 aromatic carbocycles. The summed E-state index contributed by atoms with van der Waals surface area (Å²) >= 11 is 0. The molecule has 104 valence electrons. The number of anilines is 1. The summed E-state index contributed by atoms with van der Waals surface area (Å²) in [6.07, 6.45) is 0.956. The Labute approximate surface area is 124 Å². The maximum absolute atomic E-state index is 12.5. The van der Waals surface area contributed by atoms with E-state index in [2.05, 4.69) is 18.3 Å².